The molecule has 22 heavy (non-hydrogen) atoms. The maximum atomic E-state index is 12.5. The highest BCUT2D eigenvalue weighted by molar-refractivity contribution is 9.10. The number of H-pyrrole nitrogens is 1. The monoisotopic (exact) mass is 358 g/mol. The molecule has 2 heterocycles. The molecule has 1 unspecified atom stereocenters. The smallest absolute Gasteiger partial charge is 0.339 e. The summed E-state index contributed by atoms with van der Waals surface area (Å²) in [5.41, 5.74) is 2.19. The summed E-state index contributed by atoms with van der Waals surface area (Å²) in [5, 5.41) is 0.775. The second kappa shape index (κ2) is 6.32. The molecule has 0 saturated heterocycles. The first-order chi connectivity index (χ1) is 10.7. The van der Waals surface area contributed by atoms with E-state index in [9.17, 15) is 4.79 Å². The molecule has 0 fully saturated rings. The first-order valence-corrected chi connectivity index (χ1v) is 7.87. The number of carbonyl (C=O) groups excluding carboxylic acids is 1. The average molecular weight is 359 g/mol. The minimum atomic E-state index is -0.334. The van der Waals surface area contributed by atoms with Crippen LogP contribution in [-0.2, 0) is 4.74 Å². The lowest BCUT2D eigenvalue weighted by Crippen LogP contribution is -2.11. The summed E-state index contributed by atoms with van der Waals surface area (Å²) in [4.78, 5) is 19.7. The molecular formula is C17H15BrN2O2. The molecule has 0 radical (unpaired) electrons. The van der Waals surface area contributed by atoms with E-state index < -0.39 is 0 Å². The molecule has 5 heteroatoms. The van der Waals surface area contributed by atoms with Gasteiger partial charge in [-0.1, -0.05) is 35.0 Å². The molecule has 112 valence electrons. The van der Waals surface area contributed by atoms with Gasteiger partial charge < -0.3 is 9.72 Å². The predicted molar refractivity (Wildman–Crippen MR) is 88.7 cm³/mol. The Hall–Kier alpha value is -2.14. The predicted octanol–water partition coefficient (Wildman–Crippen LogP) is 4.63. The number of aromatic amines is 1. The van der Waals surface area contributed by atoms with Crippen molar-refractivity contribution in [1.29, 1.82) is 0 Å². The van der Waals surface area contributed by atoms with Gasteiger partial charge in [-0.25, -0.2) is 9.78 Å². The van der Waals surface area contributed by atoms with E-state index in [1.54, 1.807) is 18.5 Å². The topological polar surface area (TPSA) is 55.0 Å². The normalized spacial score (nSPS) is 12.3. The Bertz CT molecular complexity index is 813. The Kier molecular flexibility index (Phi) is 4.24. The van der Waals surface area contributed by atoms with Gasteiger partial charge in [0.25, 0.3) is 0 Å². The van der Waals surface area contributed by atoms with Gasteiger partial charge >= 0.3 is 5.97 Å². The second-order valence-electron chi connectivity index (χ2n) is 4.96. The summed E-state index contributed by atoms with van der Waals surface area (Å²) in [5.74, 6) is -0.334. The van der Waals surface area contributed by atoms with Crippen LogP contribution in [0.25, 0.3) is 11.0 Å². The van der Waals surface area contributed by atoms with Crippen LogP contribution in [-0.4, -0.2) is 15.9 Å². The first-order valence-electron chi connectivity index (χ1n) is 7.07. The lowest BCUT2D eigenvalue weighted by atomic mass is 10.1. The van der Waals surface area contributed by atoms with Crippen LogP contribution in [0.5, 0.6) is 0 Å². The zero-order valence-electron chi connectivity index (χ0n) is 12.0. The van der Waals surface area contributed by atoms with E-state index in [0.717, 1.165) is 15.4 Å². The van der Waals surface area contributed by atoms with Gasteiger partial charge in [-0.15, -0.1) is 0 Å². The van der Waals surface area contributed by atoms with Crippen molar-refractivity contribution in [3.8, 4) is 0 Å². The Morgan fingerprint density at radius 2 is 2.23 bits per heavy atom. The molecule has 1 N–H and O–H groups in total. The number of ether oxygens (including phenoxy) is 1. The number of hydrogen-bond acceptors (Lipinski definition) is 3. The van der Waals surface area contributed by atoms with E-state index in [2.05, 4.69) is 25.9 Å². The number of hydrogen-bond donors (Lipinski definition) is 1. The third-order valence-corrected chi connectivity index (χ3v) is 4.01. The van der Waals surface area contributed by atoms with Crippen molar-refractivity contribution in [1.82, 2.24) is 9.97 Å². The summed E-state index contributed by atoms with van der Waals surface area (Å²) < 4.78 is 6.67. The quantitative estimate of drug-likeness (QED) is 0.691. The molecule has 0 spiro atoms. The fourth-order valence-electron chi connectivity index (χ4n) is 2.43. The van der Waals surface area contributed by atoms with Crippen LogP contribution in [0, 0.1) is 0 Å². The van der Waals surface area contributed by atoms with Gasteiger partial charge in [0.15, 0.2) is 0 Å². The van der Waals surface area contributed by atoms with Gasteiger partial charge in [-0.2, -0.15) is 0 Å². The minimum Gasteiger partial charge on any atom is -0.454 e. The Morgan fingerprint density at radius 3 is 3.00 bits per heavy atom. The number of rotatable bonds is 4. The highest BCUT2D eigenvalue weighted by Gasteiger charge is 2.19. The molecule has 0 aliphatic carbocycles. The van der Waals surface area contributed by atoms with Gasteiger partial charge in [0.2, 0.25) is 0 Å². The maximum absolute atomic E-state index is 12.5. The number of nitrogens with one attached hydrogen (secondary N) is 1. The molecule has 1 aromatic carbocycles. The van der Waals surface area contributed by atoms with Crippen molar-refractivity contribution in [2.45, 2.75) is 19.4 Å². The summed E-state index contributed by atoms with van der Waals surface area (Å²) in [6, 6.07) is 11.3. The summed E-state index contributed by atoms with van der Waals surface area (Å²) in [6.45, 7) is 2.00. The molecule has 0 bridgehead atoms. The van der Waals surface area contributed by atoms with E-state index in [1.807, 2.05) is 37.3 Å². The van der Waals surface area contributed by atoms with E-state index in [1.165, 1.54) is 0 Å². The highest BCUT2D eigenvalue weighted by Crippen LogP contribution is 2.26. The van der Waals surface area contributed by atoms with E-state index in [4.69, 9.17) is 4.74 Å². The molecule has 1 atom stereocenters. The highest BCUT2D eigenvalue weighted by atomic mass is 79.9. The van der Waals surface area contributed by atoms with E-state index in [-0.39, 0.29) is 12.1 Å². The number of benzene rings is 1. The van der Waals surface area contributed by atoms with Crippen molar-refractivity contribution in [3.05, 3.63) is 64.4 Å². The molecular weight excluding hydrogens is 344 g/mol. The first kappa shape index (κ1) is 14.8. The average Bonchev–Trinajstić information content (AvgIpc) is 3.00. The number of esters is 1. The molecule has 0 aliphatic rings. The van der Waals surface area contributed by atoms with Crippen LogP contribution >= 0.6 is 15.9 Å². The number of nitrogens with zero attached hydrogens (tertiary/aromatic N) is 1. The molecule has 3 rings (SSSR count). The number of pyridine rings is 1. The van der Waals surface area contributed by atoms with Gasteiger partial charge in [-0.3, -0.25) is 0 Å². The lowest BCUT2D eigenvalue weighted by Gasteiger charge is -2.17. The van der Waals surface area contributed by atoms with Gasteiger partial charge in [0.05, 0.1) is 5.56 Å². The van der Waals surface area contributed by atoms with Gasteiger partial charge in [0.1, 0.15) is 11.8 Å². The standard InChI is InChI=1S/C17H15BrN2O2/c1-2-15(11-4-3-5-12(18)10-11)22-17(21)14-7-9-20-16-13(14)6-8-19-16/h3-10,15H,2H2,1H3,(H,19,20). The third kappa shape index (κ3) is 2.90. The SMILES string of the molecule is CCC(OC(=O)c1ccnc2[nH]ccc12)c1cccc(Br)c1. The Labute approximate surface area is 136 Å². The number of fused-ring (bicyclic) bond motifs is 1. The zero-order chi connectivity index (χ0) is 15.5. The van der Waals surface area contributed by atoms with Crippen molar-refractivity contribution >= 4 is 32.9 Å². The third-order valence-electron chi connectivity index (χ3n) is 3.52. The fourth-order valence-corrected chi connectivity index (χ4v) is 2.84. The van der Waals surface area contributed by atoms with Crippen LogP contribution in [0.15, 0.2) is 53.3 Å². The van der Waals surface area contributed by atoms with E-state index in [0.29, 0.717) is 17.6 Å². The van der Waals surface area contributed by atoms with Crippen LogP contribution in [0.1, 0.15) is 35.4 Å². The maximum Gasteiger partial charge on any atom is 0.339 e. The summed E-state index contributed by atoms with van der Waals surface area (Å²) >= 11 is 3.45. The van der Waals surface area contributed by atoms with Crippen molar-refractivity contribution in [2.24, 2.45) is 0 Å². The summed E-state index contributed by atoms with van der Waals surface area (Å²) in [6.07, 6.45) is 3.81. The Balaban J connectivity index is 1.87. The molecule has 0 aliphatic heterocycles. The van der Waals surface area contributed by atoms with Crippen LogP contribution < -0.4 is 0 Å². The number of aromatic nitrogens is 2. The van der Waals surface area contributed by atoms with Crippen molar-refractivity contribution in [2.75, 3.05) is 0 Å². The van der Waals surface area contributed by atoms with Gasteiger partial charge in [0, 0.05) is 22.3 Å². The molecule has 0 saturated carbocycles. The fraction of sp³-hybridized carbons (Fsp3) is 0.176. The molecule has 0 amide bonds. The van der Waals surface area contributed by atoms with E-state index >= 15 is 0 Å². The van der Waals surface area contributed by atoms with Crippen molar-refractivity contribution in [3.63, 3.8) is 0 Å². The number of carbonyl (C=O) groups is 1. The minimum absolute atomic E-state index is 0.271. The molecule has 4 nitrogen and oxygen atoms in total. The second-order valence-corrected chi connectivity index (χ2v) is 5.87. The van der Waals surface area contributed by atoms with Gasteiger partial charge in [-0.05, 0) is 36.2 Å². The zero-order valence-corrected chi connectivity index (χ0v) is 13.6. The van der Waals surface area contributed by atoms with Crippen LogP contribution in [0.3, 0.4) is 0 Å². The lowest BCUT2D eigenvalue weighted by molar-refractivity contribution is 0.0290. The molecule has 2 aromatic heterocycles. The summed E-state index contributed by atoms with van der Waals surface area (Å²) in [7, 11) is 0. The van der Waals surface area contributed by atoms with Crippen LogP contribution in [0.2, 0.25) is 0 Å². The van der Waals surface area contributed by atoms with Crippen molar-refractivity contribution < 1.29 is 9.53 Å². The Morgan fingerprint density at radius 1 is 1.36 bits per heavy atom. The molecule has 3 aromatic rings. The number of halogens is 1. The van der Waals surface area contributed by atoms with Crippen LogP contribution in [0.4, 0.5) is 0 Å². The largest absolute Gasteiger partial charge is 0.454 e.